The molecule has 1 unspecified atom stereocenters. The number of hydrogen-bond acceptors (Lipinski definition) is 4. The van der Waals surface area contributed by atoms with E-state index < -0.39 is 15.2 Å². The summed E-state index contributed by atoms with van der Waals surface area (Å²) in [4.78, 5) is 0. The first-order valence-corrected chi connectivity index (χ1v) is 6.67. The summed E-state index contributed by atoms with van der Waals surface area (Å²) in [6.07, 6.45) is 2.44. The second kappa shape index (κ2) is 3.23. The smallest absolute Gasteiger partial charge is 0.173 e. The Morgan fingerprint density at radius 2 is 2.36 bits per heavy atom. The second-order valence-electron chi connectivity index (χ2n) is 3.23. The topological polar surface area (TPSA) is 72.2 Å². The third kappa shape index (κ3) is 1.44. The first-order chi connectivity index (χ1) is 6.52. The van der Waals surface area contributed by atoms with Gasteiger partial charge in [0, 0.05) is 0 Å². The zero-order valence-corrected chi connectivity index (χ0v) is 9.62. The molecule has 0 aromatic carbocycles. The average Bonchev–Trinajstić information content (AvgIpc) is 2.59. The molecule has 78 valence electrons. The van der Waals surface area contributed by atoms with Crippen molar-refractivity contribution in [3.05, 3.63) is 10.8 Å². The standard InChI is InChI=1S/C7H9BrN2O3S/c8-7-5(11)4-9-10(7)6-2-1-3-14(6,12)13/h4,6,11H,1-3H2. The van der Waals surface area contributed by atoms with Crippen LogP contribution in [0, 0.1) is 0 Å². The summed E-state index contributed by atoms with van der Waals surface area (Å²) in [6, 6.07) is 0. The van der Waals surface area contributed by atoms with Crippen LogP contribution in [0.15, 0.2) is 10.8 Å². The highest BCUT2D eigenvalue weighted by molar-refractivity contribution is 9.10. The van der Waals surface area contributed by atoms with Gasteiger partial charge in [0.1, 0.15) is 4.60 Å². The van der Waals surface area contributed by atoms with Gasteiger partial charge in [-0.15, -0.1) is 0 Å². The maximum Gasteiger partial charge on any atom is 0.173 e. The van der Waals surface area contributed by atoms with E-state index in [0.29, 0.717) is 17.4 Å². The Kier molecular flexibility index (Phi) is 2.30. The van der Waals surface area contributed by atoms with Gasteiger partial charge < -0.3 is 5.11 Å². The molecular weight excluding hydrogens is 272 g/mol. The van der Waals surface area contributed by atoms with Crippen molar-refractivity contribution in [1.29, 1.82) is 0 Å². The van der Waals surface area contributed by atoms with Crippen LogP contribution in [0.3, 0.4) is 0 Å². The molecule has 2 rings (SSSR count). The van der Waals surface area contributed by atoms with Crippen molar-refractivity contribution in [3.8, 4) is 5.75 Å². The number of aromatic hydroxyl groups is 1. The van der Waals surface area contributed by atoms with Crippen LogP contribution in [0.4, 0.5) is 0 Å². The molecule has 1 aromatic heterocycles. The molecule has 1 aliphatic heterocycles. The molecule has 0 saturated carbocycles. The number of sulfone groups is 1. The zero-order valence-electron chi connectivity index (χ0n) is 7.22. The van der Waals surface area contributed by atoms with E-state index >= 15 is 0 Å². The Labute approximate surface area is 89.8 Å². The summed E-state index contributed by atoms with van der Waals surface area (Å²) in [5, 5.41) is 12.5. The largest absolute Gasteiger partial charge is 0.504 e. The van der Waals surface area contributed by atoms with Crippen molar-refractivity contribution < 1.29 is 13.5 Å². The first kappa shape index (κ1) is 9.97. The van der Waals surface area contributed by atoms with E-state index in [-0.39, 0.29) is 11.5 Å². The van der Waals surface area contributed by atoms with E-state index in [2.05, 4.69) is 21.0 Å². The van der Waals surface area contributed by atoms with Crippen LogP contribution in [0.25, 0.3) is 0 Å². The fourth-order valence-electron chi connectivity index (χ4n) is 1.59. The van der Waals surface area contributed by atoms with Crippen LogP contribution in [0.1, 0.15) is 18.2 Å². The lowest BCUT2D eigenvalue weighted by atomic mass is 10.3. The van der Waals surface area contributed by atoms with E-state index in [4.69, 9.17) is 0 Å². The van der Waals surface area contributed by atoms with Crippen LogP contribution in [0.5, 0.6) is 5.75 Å². The molecule has 1 aromatic rings. The van der Waals surface area contributed by atoms with Crippen LogP contribution >= 0.6 is 15.9 Å². The summed E-state index contributed by atoms with van der Waals surface area (Å²) < 4.78 is 24.8. The lowest BCUT2D eigenvalue weighted by Crippen LogP contribution is -2.16. The van der Waals surface area contributed by atoms with Crippen LogP contribution in [0.2, 0.25) is 0 Å². The Morgan fingerprint density at radius 1 is 1.64 bits per heavy atom. The molecule has 0 aliphatic carbocycles. The van der Waals surface area contributed by atoms with Gasteiger partial charge in [-0.1, -0.05) is 0 Å². The maximum absolute atomic E-state index is 11.6. The van der Waals surface area contributed by atoms with Gasteiger partial charge in [-0.3, -0.25) is 0 Å². The molecule has 2 heterocycles. The number of nitrogens with zero attached hydrogens (tertiary/aromatic N) is 2. The van der Waals surface area contributed by atoms with Crippen molar-refractivity contribution in [3.63, 3.8) is 0 Å². The van der Waals surface area contributed by atoms with Crippen molar-refractivity contribution in [2.75, 3.05) is 5.75 Å². The predicted molar refractivity (Wildman–Crippen MR) is 53.6 cm³/mol. The SMILES string of the molecule is O=S1(=O)CCCC1n1ncc(O)c1Br. The molecule has 14 heavy (non-hydrogen) atoms. The summed E-state index contributed by atoms with van der Waals surface area (Å²) in [6.45, 7) is 0. The molecule has 1 fully saturated rings. The van der Waals surface area contributed by atoms with E-state index in [0.717, 1.165) is 0 Å². The van der Waals surface area contributed by atoms with Crippen LogP contribution in [-0.2, 0) is 9.84 Å². The molecule has 0 bridgehead atoms. The van der Waals surface area contributed by atoms with Gasteiger partial charge in [0.2, 0.25) is 0 Å². The normalized spacial score (nSPS) is 25.4. The fourth-order valence-corrected chi connectivity index (χ4v) is 4.00. The van der Waals surface area contributed by atoms with Crippen molar-refractivity contribution in [1.82, 2.24) is 9.78 Å². The van der Waals surface area contributed by atoms with Crippen molar-refractivity contribution in [2.24, 2.45) is 0 Å². The van der Waals surface area contributed by atoms with Crippen molar-refractivity contribution in [2.45, 2.75) is 18.2 Å². The molecule has 1 aliphatic rings. The van der Waals surface area contributed by atoms with Crippen LogP contribution < -0.4 is 0 Å². The number of aromatic nitrogens is 2. The molecule has 1 saturated heterocycles. The first-order valence-electron chi connectivity index (χ1n) is 4.16. The number of hydrogen-bond donors (Lipinski definition) is 1. The van der Waals surface area contributed by atoms with E-state index in [1.165, 1.54) is 10.9 Å². The molecule has 5 nitrogen and oxygen atoms in total. The van der Waals surface area contributed by atoms with Crippen LogP contribution in [-0.4, -0.2) is 29.1 Å². The van der Waals surface area contributed by atoms with Gasteiger partial charge in [-0.25, -0.2) is 13.1 Å². The maximum atomic E-state index is 11.6. The van der Waals surface area contributed by atoms with Gasteiger partial charge in [0.05, 0.1) is 11.9 Å². The molecule has 0 radical (unpaired) electrons. The van der Waals surface area contributed by atoms with Crippen molar-refractivity contribution >= 4 is 25.8 Å². The third-order valence-electron chi connectivity index (χ3n) is 2.28. The zero-order chi connectivity index (χ0) is 10.3. The Morgan fingerprint density at radius 3 is 2.79 bits per heavy atom. The monoisotopic (exact) mass is 280 g/mol. The Bertz CT molecular complexity index is 454. The molecule has 0 amide bonds. The van der Waals surface area contributed by atoms with E-state index in [1.54, 1.807) is 0 Å². The summed E-state index contributed by atoms with van der Waals surface area (Å²) in [5.41, 5.74) is 0. The summed E-state index contributed by atoms with van der Waals surface area (Å²) in [5.74, 6) is 0.164. The molecular formula is C7H9BrN2O3S. The molecule has 1 N–H and O–H groups in total. The van der Waals surface area contributed by atoms with Gasteiger partial charge in [-0.05, 0) is 28.8 Å². The van der Waals surface area contributed by atoms with E-state index in [9.17, 15) is 13.5 Å². The fraction of sp³-hybridized carbons (Fsp3) is 0.571. The molecule has 7 heteroatoms. The number of halogens is 1. The summed E-state index contributed by atoms with van der Waals surface area (Å²) >= 11 is 3.10. The quantitative estimate of drug-likeness (QED) is 0.835. The third-order valence-corrected chi connectivity index (χ3v) is 5.18. The molecule has 0 spiro atoms. The van der Waals surface area contributed by atoms with Gasteiger partial charge in [0.15, 0.2) is 21.0 Å². The second-order valence-corrected chi connectivity index (χ2v) is 6.26. The lowest BCUT2D eigenvalue weighted by Gasteiger charge is -2.10. The molecule has 1 atom stereocenters. The summed E-state index contributed by atoms with van der Waals surface area (Å²) in [7, 11) is -3.09. The Hall–Kier alpha value is -0.560. The highest BCUT2D eigenvalue weighted by atomic mass is 79.9. The number of rotatable bonds is 1. The lowest BCUT2D eigenvalue weighted by molar-refractivity contribution is 0.465. The highest BCUT2D eigenvalue weighted by Gasteiger charge is 2.34. The predicted octanol–water partition coefficient (Wildman–Crippen LogP) is 1.06. The Balaban J connectivity index is 2.46. The minimum absolute atomic E-state index is 0.0351. The minimum Gasteiger partial charge on any atom is -0.504 e. The average molecular weight is 281 g/mol. The van der Waals surface area contributed by atoms with Gasteiger partial charge in [-0.2, -0.15) is 5.10 Å². The van der Waals surface area contributed by atoms with E-state index in [1.807, 2.05) is 0 Å². The highest BCUT2D eigenvalue weighted by Crippen LogP contribution is 2.34. The minimum atomic E-state index is -3.09. The van der Waals surface area contributed by atoms with Gasteiger partial charge >= 0.3 is 0 Å². The van der Waals surface area contributed by atoms with Gasteiger partial charge in [0.25, 0.3) is 0 Å².